The molecule has 0 aliphatic rings. The maximum Gasteiger partial charge on any atom is 0.338 e. The highest BCUT2D eigenvalue weighted by atomic mass is 32.2. The summed E-state index contributed by atoms with van der Waals surface area (Å²) in [7, 11) is 1.52. The van der Waals surface area contributed by atoms with E-state index >= 15 is 0 Å². The van der Waals surface area contributed by atoms with Gasteiger partial charge in [-0.3, -0.25) is 9.59 Å². The predicted octanol–water partition coefficient (Wildman–Crippen LogP) is 4.86. The summed E-state index contributed by atoms with van der Waals surface area (Å²) in [5.41, 5.74) is 2.06. The highest BCUT2D eigenvalue weighted by Crippen LogP contribution is 2.29. The van der Waals surface area contributed by atoms with Gasteiger partial charge < -0.3 is 14.8 Å². The Morgan fingerprint density at radius 2 is 1.81 bits per heavy atom. The molecule has 0 fully saturated rings. The molecule has 2 aromatic carbocycles. The van der Waals surface area contributed by atoms with Crippen LogP contribution in [-0.4, -0.2) is 46.1 Å². The number of anilines is 1. The van der Waals surface area contributed by atoms with E-state index in [1.54, 1.807) is 52.0 Å². The first-order chi connectivity index (χ1) is 17.5. The Morgan fingerprint density at radius 1 is 1.11 bits per heavy atom. The van der Waals surface area contributed by atoms with Crippen molar-refractivity contribution in [3.63, 3.8) is 0 Å². The van der Waals surface area contributed by atoms with Crippen molar-refractivity contribution in [3.05, 3.63) is 65.5 Å². The van der Waals surface area contributed by atoms with Gasteiger partial charge in [-0.05, 0) is 49.2 Å². The van der Waals surface area contributed by atoms with Gasteiger partial charge in [0.1, 0.15) is 12.1 Å². The van der Waals surface area contributed by atoms with E-state index in [1.165, 1.54) is 29.9 Å². The smallest absolute Gasteiger partial charge is 0.338 e. The van der Waals surface area contributed by atoms with Crippen LogP contribution in [0.4, 0.5) is 5.69 Å². The van der Waals surface area contributed by atoms with Crippen molar-refractivity contribution < 1.29 is 23.9 Å². The van der Waals surface area contributed by atoms with Crippen LogP contribution in [0.25, 0.3) is 0 Å². The SMILES string of the molecule is CCOC(=O)c1ccc(CSc2ncn(C(C(=O)Nc3cc(C)ccc3OC)C(=O)C(C)(C)C)n2)cc1. The number of ether oxygens (including phenoxy) is 2. The van der Waals surface area contributed by atoms with E-state index in [0.717, 1.165) is 11.1 Å². The molecule has 0 saturated heterocycles. The molecular weight excluding hydrogens is 492 g/mol. The number of esters is 1. The molecule has 196 valence electrons. The molecule has 1 unspecified atom stereocenters. The standard InChI is InChI=1S/C27H32N4O5S/c1-7-36-25(34)19-11-9-18(10-12-19)15-37-26-28-16-31(30-26)22(23(32)27(3,4)5)24(33)29-20-14-17(2)8-13-21(20)35-6/h8-14,16,22H,7,15H2,1-6H3,(H,29,33). The van der Waals surface area contributed by atoms with Gasteiger partial charge in [0.05, 0.1) is 25.0 Å². The van der Waals surface area contributed by atoms with Crippen LogP contribution in [0.1, 0.15) is 55.2 Å². The van der Waals surface area contributed by atoms with Gasteiger partial charge in [-0.1, -0.05) is 50.7 Å². The average Bonchev–Trinajstić information content (AvgIpc) is 3.31. The quantitative estimate of drug-likeness (QED) is 0.227. The number of benzene rings is 2. The molecule has 0 aliphatic heterocycles. The summed E-state index contributed by atoms with van der Waals surface area (Å²) in [6.45, 7) is 9.26. The Labute approximate surface area is 221 Å². The fraction of sp³-hybridized carbons (Fsp3) is 0.370. The van der Waals surface area contributed by atoms with E-state index in [9.17, 15) is 14.4 Å². The minimum Gasteiger partial charge on any atom is -0.495 e. The van der Waals surface area contributed by atoms with Gasteiger partial charge in [-0.25, -0.2) is 14.5 Å². The molecule has 1 aromatic heterocycles. The second kappa shape index (κ2) is 12.1. The second-order valence-corrected chi connectivity index (χ2v) is 10.4. The second-order valence-electron chi connectivity index (χ2n) is 9.42. The first-order valence-electron chi connectivity index (χ1n) is 11.8. The topological polar surface area (TPSA) is 112 Å². The fourth-order valence-corrected chi connectivity index (χ4v) is 4.20. The van der Waals surface area contributed by atoms with E-state index in [0.29, 0.717) is 34.5 Å². The van der Waals surface area contributed by atoms with Gasteiger partial charge in [-0.2, -0.15) is 0 Å². The number of methoxy groups -OCH3 is 1. The predicted molar refractivity (Wildman–Crippen MR) is 142 cm³/mol. The maximum atomic E-state index is 13.4. The van der Waals surface area contributed by atoms with Crippen LogP contribution in [0.5, 0.6) is 5.75 Å². The molecule has 37 heavy (non-hydrogen) atoms. The lowest BCUT2D eigenvalue weighted by Crippen LogP contribution is -2.39. The normalized spacial score (nSPS) is 12.1. The molecule has 1 atom stereocenters. The summed E-state index contributed by atoms with van der Waals surface area (Å²) in [4.78, 5) is 42.8. The van der Waals surface area contributed by atoms with Gasteiger partial charge >= 0.3 is 5.97 Å². The lowest BCUT2D eigenvalue weighted by Gasteiger charge is -2.24. The zero-order valence-electron chi connectivity index (χ0n) is 21.9. The zero-order chi connectivity index (χ0) is 27.2. The number of nitrogens with zero attached hydrogens (tertiary/aromatic N) is 3. The Morgan fingerprint density at radius 3 is 2.43 bits per heavy atom. The van der Waals surface area contributed by atoms with E-state index < -0.39 is 17.4 Å². The average molecular weight is 525 g/mol. The number of aromatic nitrogens is 3. The van der Waals surface area contributed by atoms with E-state index in [1.807, 2.05) is 25.1 Å². The molecule has 0 saturated carbocycles. The van der Waals surface area contributed by atoms with Crippen LogP contribution < -0.4 is 10.1 Å². The molecule has 1 N–H and O–H groups in total. The lowest BCUT2D eigenvalue weighted by molar-refractivity contribution is -0.135. The summed E-state index contributed by atoms with van der Waals surface area (Å²) in [6, 6.07) is 11.3. The monoisotopic (exact) mass is 524 g/mol. The largest absolute Gasteiger partial charge is 0.495 e. The van der Waals surface area contributed by atoms with Gasteiger partial charge in [0.25, 0.3) is 5.91 Å². The Hall–Kier alpha value is -3.66. The minimum absolute atomic E-state index is 0.298. The van der Waals surface area contributed by atoms with Crippen molar-refractivity contribution in [2.75, 3.05) is 19.0 Å². The van der Waals surface area contributed by atoms with E-state index in [-0.39, 0.29) is 11.8 Å². The molecule has 0 spiro atoms. The number of hydrogen-bond donors (Lipinski definition) is 1. The van der Waals surface area contributed by atoms with E-state index in [2.05, 4.69) is 15.4 Å². The first kappa shape index (κ1) is 27.9. The third kappa shape index (κ3) is 7.19. The Balaban J connectivity index is 1.78. The van der Waals surface area contributed by atoms with Crippen LogP contribution in [0.2, 0.25) is 0 Å². The van der Waals surface area contributed by atoms with Crippen LogP contribution in [0.15, 0.2) is 53.9 Å². The molecule has 3 aromatic rings. The van der Waals surface area contributed by atoms with Crippen LogP contribution in [0.3, 0.4) is 0 Å². The van der Waals surface area contributed by atoms with Crippen molar-refractivity contribution in [2.24, 2.45) is 5.41 Å². The van der Waals surface area contributed by atoms with Crippen LogP contribution in [-0.2, 0) is 20.1 Å². The van der Waals surface area contributed by atoms with Crippen molar-refractivity contribution in [2.45, 2.75) is 51.6 Å². The van der Waals surface area contributed by atoms with Gasteiger partial charge in [0.15, 0.2) is 11.8 Å². The molecule has 3 rings (SSSR count). The summed E-state index contributed by atoms with van der Waals surface area (Å²) in [5, 5.41) is 7.68. The van der Waals surface area contributed by atoms with Crippen LogP contribution in [0, 0.1) is 12.3 Å². The number of thioether (sulfide) groups is 1. The highest BCUT2D eigenvalue weighted by Gasteiger charge is 2.37. The number of aryl methyl sites for hydroxylation is 1. The number of nitrogens with one attached hydrogen (secondary N) is 1. The molecular formula is C27H32N4O5S. The van der Waals surface area contributed by atoms with E-state index in [4.69, 9.17) is 9.47 Å². The van der Waals surface area contributed by atoms with Crippen LogP contribution >= 0.6 is 11.8 Å². The number of hydrogen-bond acceptors (Lipinski definition) is 8. The van der Waals surface area contributed by atoms with Crippen molar-refractivity contribution >= 4 is 35.1 Å². The van der Waals surface area contributed by atoms with Gasteiger partial charge in [0, 0.05) is 11.2 Å². The summed E-state index contributed by atoms with van der Waals surface area (Å²) >= 11 is 1.36. The molecule has 10 heteroatoms. The molecule has 9 nitrogen and oxygen atoms in total. The minimum atomic E-state index is -1.21. The number of Topliss-reactive ketones (excluding diaryl/α,β-unsaturated/α-hetero) is 1. The third-order valence-electron chi connectivity index (χ3n) is 5.43. The fourth-order valence-electron chi connectivity index (χ4n) is 3.44. The summed E-state index contributed by atoms with van der Waals surface area (Å²) < 4.78 is 11.7. The molecule has 0 radical (unpaired) electrons. The number of ketones is 1. The Kier molecular flexibility index (Phi) is 9.09. The highest BCUT2D eigenvalue weighted by molar-refractivity contribution is 7.98. The number of carbonyl (C=O) groups is 3. The van der Waals surface area contributed by atoms with Gasteiger partial charge in [-0.15, -0.1) is 5.10 Å². The van der Waals surface area contributed by atoms with Crippen molar-refractivity contribution in [3.8, 4) is 5.75 Å². The molecule has 0 bridgehead atoms. The maximum absolute atomic E-state index is 13.4. The first-order valence-corrected chi connectivity index (χ1v) is 12.8. The lowest BCUT2D eigenvalue weighted by atomic mass is 9.86. The third-order valence-corrected chi connectivity index (χ3v) is 6.36. The van der Waals surface area contributed by atoms with Crippen molar-refractivity contribution in [1.82, 2.24) is 14.8 Å². The zero-order valence-corrected chi connectivity index (χ0v) is 22.7. The van der Waals surface area contributed by atoms with Crippen molar-refractivity contribution in [1.29, 1.82) is 0 Å². The van der Waals surface area contributed by atoms with Gasteiger partial charge in [0.2, 0.25) is 5.16 Å². The number of rotatable bonds is 10. The Bertz CT molecular complexity index is 1260. The molecule has 1 heterocycles. The summed E-state index contributed by atoms with van der Waals surface area (Å²) in [5.74, 6) is -0.159. The molecule has 0 aliphatic carbocycles. The summed E-state index contributed by atoms with van der Waals surface area (Å²) in [6.07, 6.45) is 1.40. The number of amides is 1. The molecule has 1 amide bonds. The number of carbonyl (C=O) groups excluding carboxylic acids is 3.